The first-order valence-electron chi connectivity index (χ1n) is 6.93. The molecule has 0 saturated carbocycles. The average molecular weight is 353 g/mol. The first-order chi connectivity index (χ1) is 11.5. The molecule has 24 heavy (non-hydrogen) atoms. The van der Waals surface area contributed by atoms with Gasteiger partial charge in [0.05, 0.1) is 12.8 Å². The first kappa shape index (κ1) is 16.5. The molecule has 0 aliphatic carbocycles. The molecular formula is C15H13F2N3O3S. The molecule has 0 spiro atoms. The van der Waals surface area contributed by atoms with Gasteiger partial charge in [-0.3, -0.25) is 0 Å². The Morgan fingerprint density at radius 2 is 2.12 bits per heavy atom. The number of hydrazone groups is 1. The van der Waals surface area contributed by atoms with E-state index in [0.717, 1.165) is 16.3 Å². The van der Waals surface area contributed by atoms with E-state index in [2.05, 4.69) is 14.8 Å². The highest BCUT2D eigenvalue weighted by Crippen LogP contribution is 2.38. The molecule has 0 radical (unpaired) electrons. The Bertz CT molecular complexity index is 781. The number of halogens is 2. The molecule has 2 aromatic rings. The lowest BCUT2D eigenvalue weighted by atomic mass is 10.0. The van der Waals surface area contributed by atoms with Gasteiger partial charge in [0.15, 0.2) is 5.69 Å². The highest BCUT2D eigenvalue weighted by atomic mass is 32.1. The normalized spacial score (nSPS) is 20.4. The molecular weight excluding hydrogens is 340 g/mol. The molecule has 6 nitrogen and oxygen atoms in total. The molecule has 1 atom stereocenters. The number of rotatable bonds is 4. The van der Waals surface area contributed by atoms with E-state index >= 15 is 0 Å². The summed E-state index contributed by atoms with van der Waals surface area (Å²) in [5, 5.41) is 16.7. The number of ether oxygens (including phenoxy) is 1. The van der Waals surface area contributed by atoms with Crippen molar-refractivity contribution in [3.63, 3.8) is 0 Å². The molecule has 1 aliphatic rings. The van der Waals surface area contributed by atoms with Crippen LogP contribution in [-0.2, 0) is 4.74 Å². The topological polar surface area (TPSA) is 75.0 Å². The number of hydrogen-bond acceptors (Lipinski definition) is 7. The van der Waals surface area contributed by atoms with Gasteiger partial charge in [-0.25, -0.2) is 23.6 Å². The van der Waals surface area contributed by atoms with Gasteiger partial charge in [-0.05, 0) is 5.56 Å². The average Bonchev–Trinajstić information content (AvgIpc) is 3.20. The maximum atomic E-state index is 13.5. The number of esters is 1. The number of nitrogens with zero attached hydrogens (tertiary/aromatic N) is 3. The Hall–Kier alpha value is -2.39. The van der Waals surface area contributed by atoms with Gasteiger partial charge in [0.2, 0.25) is 10.9 Å². The zero-order chi connectivity index (χ0) is 17.3. The van der Waals surface area contributed by atoms with Crippen molar-refractivity contribution in [2.75, 3.05) is 12.1 Å². The van der Waals surface area contributed by atoms with Crippen LogP contribution in [0.15, 0.2) is 40.8 Å². The number of anilines is 1. The lowest BCUT2D eigenvalue weighted by Crippen LogP contribution is -2.49. The third-order valence-electron chi connectivity index (χ3n) is 3.54. The number of carbonyl (C=O) groups excluding carboxylic acids is 1. The minimum Gasteiger partial charge on any atom is -0.464 e. The van der Waals surface area contributed by atoms with Crippen molar-refractivity contribution in [1.29, 1.82) is 0 Å². The molecule has 3 rings (SSSR count). The number of aromatic nitrogens is 1. The predicted molar refractivity (Wildman–Crippen MR) is 84.5 cm³/mol. The molecule has 126 valence electrons. The number of alkyl halides is 2. The SMILES string of the molecule is COC(=O)c1csc(N2N=C(c3ccccc3)C[C@]2(O)C(F)F)n1. The van der Waals surface area contributed by atoms with Crippen LogP contribution in [0.3, 0.4) is 0 Å². The number of hydrogen-bond donors (Lipinski definition) is 1. The smallest absolute Gasteiger partial charge is 0.357 e. The van der Waals surface area contributed by atoms with Crippen molar-refractivity contribution in [3.05, 3.63) is 47.0 Å². The summed E-state index contributed by atoms with van der Waals surface area (Å²) in [4.78, 5) is 15.4. The van der Waals surface area contributed by atoms with Gasteiger partial charge in [0, 0.05) is 11.8 Å². The highest BCUT2D eigenvalue weighted by Gasteiger charge is 2.51. The number of benzene rings is 1. The second kappa shape index (κ2) is 6.25. The lowest BCUT2D eigenvalue weighted by molar-refractivity contribution is -0.0867. The third kappa shape index (κ3) is 2.76. The minimum atomic E-state index is -3.08. The summed E-state index contributed by atoms with van der Waals surface area (Å²) in [5.41, 5.74) is -1.61. The minimum absolute atomic E-state index is 0.0101. The van der Waals surface area contributed by atoms with Gasteiger partial charge in [0.25, 0.3) is 6.43 Å². The molecule has 0 amide bonds. The van der Waals surface area contributed by atoms with Crippen LogP contribution in [0.5, 0.6) is 0 Å². The zero-order valence-corrected chi connectivity index (χ0v) is 13.3. The highest BCUT2D eigenvalue weighted by molar-refractivity contribution is 7.14. The van der Waals surface area contributed by atoms with Crippen molar-refractivity contribution in [1.82, 2.24) is 4.98 Å². The number of methoxy groups -OCH3 is 1. The zero-order valence-electron chi connectivity index (χ0n) is 12.5. The van der Waals surface area contributed by atoms with E-state index in [4.69, 9.17) is 0 Å². The van der Waals surface area contributed by atoms with Crippen molar-refractivity contribution in [2.45, 2.75) is 18.6 Å². The van der Waals surface area contributed by atoms with Gasteiger partial charge < -0.3 is 9.84 Å². The van der Waals surface area contributed by atoms with Crippen LogP contribution in [0.1, 0.15) is 22.5 Å². The summed E-state index contributed by atoms with van der Waals surface area (Å²) in [6.45, 7) is 0. The van der Waals surface area contributed by atoms with Gasteiger partial charge in [0.1, 0.15) is 0 Å². The number of carbonyl (C=O) groups is 1. The van der Waals surface area contributed by atoms with E-state index in [0.29, 0.717) is 11.3 Å². The molecule has 0 unspecified atom stereocenters. The van der Waals surface area contributed by atoms with Gasteiger partial charge in [-0.1, -0.05) is 30.3 Å². The van der Waals surface area contributed by atoms with E-state index in [-0.39, 0.29) is 17.2 Å². The van der Waals surface area contributed by atoms with Crippen LogP contribution in [0.2, 0.25) is 0 Å². The monoisotopic (exact) mass is 353 g/mol. The van der Waals surface area contributed by atoms with E-state index in [1.807, 2.05) is 0 Å². The summed E-state index contributed by atoms with van der Waals surface area (Å²) in [5.74, 6) is -0.690. The van der Waals surface area contributed by atoms with Gasteiger partial charge in [-0.15, -0.1) is 11.3 Å². The van der Waals surface area contributed by atoms with Crippen molar-refractivity contribution < 1.29 is 23.4 Å². The maximum Gasteiger partial charge on any atom is 0.357 e. The van der Waals surface area contributed by atoms with E-state index < -0.39 is 18.1 Å². The molecule has 2 heterocycles. The second-order valence-electron chi connectivity index (χ2n) is 5.09. The molecule has 0 fully saturated rings. The summed E-state index contributed by atoms with van der Waals surface area (Å²) >= 11 is 0.921. The standard InChI is InChI=1S/C15H13F2N3O3S/c1-23-12(21)11-8-24-14(18-11)20-15(22,13(16)17)7-10(19-20)9-5-3-2-4-6-9/h2-6,8,13,22H,7H2,1H3/t15-/m0/s1. The molecule has 1 aromatic heterocycles. The van der Waals surface area contributed by atoms with Gasteiger partial charge in [-0.2, -0.15) is 5.10 Å². The predicted octanol–water partition coefficient (Wildman–Crippen LogP) is 2.50. The van der Waals surface area contributed by atoms with Crippen LogP contribution in [-0.4, -0.2) is 41.0 Å². The quantitative estimate of drug-likeness (QED) is 0.855. The summed E-state index contributed by atoms with van der Waals surface area (Å²) < 4.78 is 31.5. The molecule has 1 aromatic carbocycles. The Morgan fingerprint density at radius 3 is 2.75 bits per heavy atom. The first-order valence-corrected chi connectivity index (χ1v) is 7.81. The molecule has 1 N–H and O–H groups in total. The molecule has 1 aliphatic heterocycles. The second-order valence-corrected chi connectivity index (χ2v) is 5.92. The Labute approximate surface area is 140 Å². The fourth-order valence-electron chi connectivity index (χ4n) is 2.29. The summed E-state index contributed by atoms with van der Waals surface area (Å²) in [6, 6.07) is 8.73. The fraction of sp³-hybridized carbons (Fsp3) is 0.267. The molecule has 0 bridgehead atoms. The van der Waals surface area contributed by atoms with Crippen LogP contribution >= 0.6 is 11.3 Å². The summed E-state index contributed by atoms with van der Waals surface area (Å²) in [6.07, 6.45) is -3.44. The fourth-order valence-corrected chi connectivity index (χ4v) is 3.11. The van der Waals surface area contributed by atoms with Crippen LogP contribution in [0.4, 0.5) is 13.9 Å². The van der Waals surface area contributed by atoms with Crippen molar-refractivity contribution in [3.8, 4) is 0 Å². The van der Waals surface area contributed by atoms with Crippen LogP contribution in [0, 0.1) is 0 Å². The largest absolute Gasteiger partial charge is 0.464 e. The Kier molecular flexibility index (Phi) is 4.29. The van der Waals surface area contributed by atoms with Gasteiger partial charge >= 0.3 is 5.97 Å². The Morgan fingerprint density at radius 1 is 1.42 bits per heavy atom. The lowest BCUT2D eigenvalue weighted by Gasteiger charge is -2.29. The number of aliphatic hydroxyl groups is 1. The van der Waals surface area contributed by atoms with Crippen molar-refractivity contribution >= 4 is 28.1 Å². The van der Waals surface area contributed by atoms with Crippen LogP contribution in [0.25, 0.3) is 0 Å². The molecule has 9 heteroatoms. The third-order valence-corrected chi connectivity index (χ3v) is 4.36. The maximum absolute atomic E-state index is 13.5. The number of thiazole rings is 1. The Balaban J connectivity index is 2.00. The van der Waals surface area contributed by atoms with E-state index in [9.17, 15) is 18.7 Å². The van der Waals surface area contributed by atoms with Crippen molar-refractivity contribution in [2.24, 2.45) is 5.10 Å². The van der Waals surface area contributed by atoms with Crippen LogP contribution < -0.4 is 5.01 Å². The van der Waals surface area contributed by atoms with E-state index in [1.54, 1.807) is 30.3 Å². The summed E-state index contributed by atoms with van der Waals surface area (Å²) in [7, 11) is 1.19. The van der Waals surface area contributed by atoms with E-state index in [1.165, 1.54) is 12.5 Å². The molecule has 0 saturated heterocycles.